The van der Waals surface area contributed by atoms with Crippen LogP contribution < -0.4 is 0 Å². The van der Waals surface area contributed by atoms with Crippen LogP contribution in [0, 0.1) is 11.3 Å². The second-order valence-corrected chi connectivity index (χ2v) is 2.74. The molecule has 0 saturated carbocycles. The minimum atomic E-state index is 0.403. The highest BCUT2D eigenvalue weighted by molar-refractivity contribution is 5.51. The van der Waals surface area contributed by atoms with Gasteiger partial charge in [0.1, 0.15) is 0 Å². The Balaban J connectivity index is 2.39. The predicted octanol–water partition coefficient (Wildman–Crippen LogP) is 1.66. The number of aromatic nitrogens is 3. The van der Waals surface area contributed by atoms with Gasteiger partial charge in [0.25, 0.3) is 0 Å². The Morgan fingerprint density at radius 1 is 1.57 bits per heavy atom. The number of allylic oxidation sites excluding steroid dienone is 1. The lowest BCUT2D eigenvalue weighted by molar-refractivity contribution is 0.925. The van der Waals surface area contributed by atoms with Crippen molar-refractivity contribution in [1.82, 2.24) is 14.6 Å². The van der Waals surface area contributed by atoms with Crippen molar-refractivity contribution in [3.63, 3.8) is 0 Å². The summed E-state index contributed by atoms with van der Waals surface area (Å²) < 4.78 is 1.73. The molecule has 0 unspecified atom stereocenters. The lowest BCUT2D eigenvalue weighted by Crippen LogP contribution is -1.91. The van der Waals surface area contributed by atoms with E-state index in [0.717, 1.165) is 11.3 Å². The zero-order valence-corrected chi connectivity index (χ0v) is 7.46. The maximum absolute atomic E-state index is 8.37. The summed E-state index contributed by atoms with van der Waals surface area (Å²) in [5.74, 6) is 0. The van der Waals surface area contributed by atoms with Gasteiger partial charge in [-0.25, -0.2) is 9.50 Å². The number of rotatable bonds is 2. The number of hydrogen-bond acceptors (Lipinski definition) is 3. The fourth-order valence-electron chi connectivity index (χ4n) is 1.19. The highest BCUT2D eigenvalue weighted by atomic mass is 15.2. The summed E-state index contributed by atoms with van der Waals surface area (Å²) in [6.07, 6.45) is 7.47. The molecule has 4 heteroatoms. The van der Waals surface area contributed by atoms with Crippen LogP contribution in [-0.2, 0) is 0 Å². The molecule has 4 nitrogen and oxygen atoms in total. The summed E-state index contributed by atoms with van der Waals surface area (Å²) in [6.45, 7) is 0. The Labute approximate surface area is 81.1 Å². The Kier molecular flexibility index (Phi) is 2.24. The topological polar surface area (TPSA) is 54.0 Å². The maximum Gasteiger partial charge on any atom is 0.154 e. The number of hydrogen-bond donors (Lipinski definition) is 0. The van der Waals surface area contributed by atoms with Gasteiger partial charge in [-0.15, -0.1) is 0 Å². The maximum atomic E-state index is 8.37. The van der Waals surface area contributed by atoms with Crippen LogP contribution in [0.1, 0.15) is 12.1 Å². The van der Waals surface area contributed by atoms with Gasteiger partial charge in [0.2, 0.25) is 0 Å². The van der Waals surface area contributed by atoms with Crippen LogP contribution in [0.2, 0.25) is 0 Å². The third-order valence-corrected chi connectivity index (χ3v) is 1.80. The van der Waals surface area contributed by atoms with E-state index in [1.807, 2.05) is 24.3 Å². The van der Waals surface area contributed by atoms with Gasteiger partial charge < -0.3 is 0 Å². The summed E-state index contributed by atoms with van der Waals surface area (Å²) in [4.78, 5) is 4.16. The van der Waals surface area contributed by atoms with Crippen LogP contribution in [0.5, 0.6) is 0 Å². The van der Waals surface area contributed by atoms with Crippen molar-refractivity contribution in [2.45, 2.75) is 6.42 Å². The Morgan fingerprint density at radius 3 is 3.36 bits per heavy atom. The van der Waals surface area contributed by atoms with Crippen LogP contribution in [-0.4, -0.2) is 14.6 Å². The van der Waals surface area contributed by atoms with E-state index in [0.29, 0.717) is 6.42 Å². The second-order valence-electron chi connectivity index (χ2n) is 2.74. The van der Waals surface area contributed by atoms with Gasteiger partial charge >= 0.3 is 0 Å². The van der Waals surface area contributed by atoms with Crippen molar-refractivity contribution >= 4 is 11.7 Å². The van der Waals surface area contributed by atoms with Crippen LogP contribution in [0.15, 0.2) is 30.6 Å². The van der Waals surface area contributed by atoms with Crippen molar-refractivity contribution < 1.29 is 0 Å². The summed E-state index contributed by atoms with van der Waals surface area (Å²) in [5.41, 5.74) is 1.69. The van der Waals surface area contributed by atoms with Crippen molar-refractivity contribution in [3.8, 4) is 6.07 Å². The van der Waals surface area contributed by atoms with Crippen molar-refractivity contribution in [2.24, 2.45) is 0 Å². The molecule has 0 spiro atoms. The first kappa shape index (κ1) is 8.45. The monoisotopic (exact) mass is 184 g/mol. The first-order valence-electron chi connectivity index (χ1n) is 4.24. The largest absolute Gasteiger partial charge is 0.235 e. The van der Waals surface area contributed by atoms with Gasteiger partial charge in [-0.2, -0.15) is 10.4 Å². The quantitative estimate of drug-likeness (QED) is 0.713. The smallest absolute Gasteiger partial charge is 0.154 e. The third-order valence-electron chi connectivity index (χ3n) is 1.80. The molecule has 0 aliphatic carbocycles. The van der Waals surface area contributed by atoms with Crippen LogP contribution in [0.25, 0.3) is 11.7 Å². The van der Waals surface area contributed by atoms with E-state index < -0.39 is 0 Å². The molecule has 14 heavy (non-hydrogen) atoms. The van der Waals surface area contributed by atoms with E-state index in [9.17, 15) is 0 Å². The normalized spacial score (nSPS) is 10.8. The molecule has 2 rings (SSSR count). The molecule has 68 valence electrons. The highest BCUT2D eigenvalue weighted by Crippen LogP contribution is 2.05. The van der Waals surface area contributed by atoms with Gasteiger partial charge in [0.15, 0.2) is 5.65 Å². The zero-order chi connectivity index (χ0) is 9.80. The van der Waals surface area contributed by atoms with Crippen molar-refractivity contribution in [3.05, 3.63) is 36.3 Å². The van der Waals surface area contributed by atoms with Crippen molar-refractivity contribution in [1.29, 1.82) is 5.26 Å². The highest BCUT2D eigenvalue weighted by Gasteiger charge is 1.98. The molecule has 0 bridgehead atoms. The number of fused-ring (bicyclic) bond motifs is 1. The molecule has 0 radical (unpaired) electrons. The lowest BCUT2D eigenvalue weighted by Gasteiger charge is -1.92. The molecule has 2 heterocycles. The lowest BCUT2D eigenvalue weighted by atomic mass is 10.3. The Bertz CT molecular complexity index is 504. The first-order valence-corrected chi connectivity index (χ1v) is 4.24. The van der Waals surface area contributed by atoms with Crippen LogP contribution in [0.4, 0.5) is 0 Å². The summed E-state index contributed by atoms with van der Waals surface area (Å²) in [5, 5.41) is 12.5. The van der Waals surface area contributed by atoms with E-state index in [1.165, 1.54) is 0 Å². The molecule has 0 fully saturated rings. The van der Waals surface area contributed by atoms with Crippen LogP contribution >= 0.6 is 0 Å². The van der Waals surface area contributed by atoms with E-state index in [4.69, 9.17) is 5.26 Å². The van der Waals surface area contributed by atoms with E-state index in [1.54, 1.807) is 23.0 Å². The van der Waals surface area contributed by atoms with Gasteiger partial charge in [0.05, 0.1) is 24.4 Å². The van der Waals surface area contributed by atoms with Gasteiger partial charge in [-0.3, -0.25) is 0 Å². The Hall–Kier alpha value is -2.15. The molecule has 0 N–H and O–H groups in total. The minimum absolute atomic E-state index is 0.403. The molecular weight excluding hydrogens is 176 g/mol. The average Bonchev–Trinajstić information content (AvgIpc) is 2.63. The third kappa shape index (κ3) is 1.48. The van der Waals surface area contributed by atoms with Gasteiger partial charge in [-0.1, -0.05) is 6.08 Å². The molecule has 0 aliphatic rings. The molecule has 0 saturated heterocycles. The molecule has 2 aromatic rings. The fourth-order valence-corrected chi connectivity index (χ4v) is 1.19. The standard InChI is InChI=1S/C10H8N4/c11-6-2-1-4-9-8-12-10-5-3-7-13-14(9)10/h1,3-5,7-8H,2H2. The zero-order valence-electron chi connectivity index (χ0n) is 7.46. The summed E-state index contributed by atoms with van der Waals surface area (Å²) >= 11 is 0. The molecule has 0 amide bonds. The van der Waals surface area contributed by atoms with Gasteiger partial charge in [-0.05, 0) is 18.2 Å². The average molecular weight is 184 g/mol. The first-order chi connectivity index (χ1) is 6.92. The molecule has 0 atom stereocenters. The molecule has 0 aromatic carbocycles. The fraction of sp³-hybridized carbons (Fsp3) is 0.100. The second kappa shape index (κ2) is 3.71. The number of nitriles is 1. The predicted molar refractivity (Wildman–Crippen MR) is 52.3 cm³/mol. The minimum Gasteiger partial charge on any atom is -0.235 e. The van der Waals surface area contributed by atoms with E-state index >= 15 is 0 Å². The van der Waals surface area contributed by atoms with Crippen molar-refractivity contribution in [2.75, 3.05) is 0 Å². The van der Waals surface area contributed by atoms with E-state index in [2.05, 4.69) is 10.1 Å². The van der Waals surface area contributed by atoms with Gasteiger partial charge in [0, 0.05) is 6.20 Å². The molecular formula is C10H8N4. The molecule has 2 aromatic heterocycles. The van der Waals surface area contributed by atoms with Crippen LogP contribution in [0.3, 0.4) is 0 Å². The SMILES string of the molecule is N#CCC=Cc1cnc2cccnn12. The van der Waals surface area contributed by atoms with E-state index in [-0.39, 0.29) is 0 Å². The molecule has 0 aliphatic heterocycles. The number of nitrogens with zero attached hydrogens (tertiary/aromatic N) is 4. The summed E-state index contributed by atoms with van der Waals surface area (Å²) in [7, 11) is 0. The number of imidazole rings is 1. The Morgan fingerprint density at radius 2 is 2.50 bits per heavy atom. The summed E-state index contributed by atoms with van der Waals surface area (Å²) in [6, 6.07) is 5.76.